The number of aliphatic hydroxyl groups excluding tert-OH is 1. The van der Waals surface area contributed by atoms with Crippen LogP contribution in [0.3, 0.4) is 0 Å². The van der Waals surface area contributed by atoms with Crippen molar-refractivity contribution in [1.29, 1.82) is 0 Å². The third-order valence-electron chi connectivity index (χ3n) is 8.53. The SMILES string of the molecule is C=C1[C@@H](C)[C@H]2[C@H](Cc3ccccc3)NC(=O)[C@]23[C@@H](OC(C)=O)/C=C\[C@@](C)(O)C(=O)[C@@H](C)C/C=C\[C@H]3[C@@H]1O. The molecule has 2 aliphatic carbocycles. The average Bonchev–Trinajstić information content (AvgIpc) is 3.13. The number of carbonyl (C=O) groups is 3. The van der Waals surface area contributed by atoms with Gasteiger partial charge in [-0.15, -0.1) is 0 Å². The first-order valence-corrected chi connectivity index (χ1v) is 12.9. The Bertz CT molecular complexity index is 1140. The number of hydrogen-bond donors (Lipinski definition) is 3. The minimum atomic E-state index is -1.82. The molecule has 0 radical (unpaired) electrons. The molecule has 7 nitrogen and oxygen atoms in total. The lowest BCUT2D eigenvalue weighted by atomic mass is 9.51. The first-order valence-electron chi connectivity index (χ1n) is 12.9. The normalized spacial score (nSPS) is 41.6. The minimum Gasteiger partial charge on any atom is -0.457 e. The van der Waals surface area contributed by atoms with Gasteiger partial charge in [0.15, 0.2) is 5.78 Å². The van der Waals surface area contributed by atoms with Gasteiger partial charge in [0.1, 0.15) is 17.1 Å². The van der Waals surface area contributed by atoms with Crippen molar-refractivity contribution in [2.24, 2.45) is 29.1 Å². The molecule has 1 heterocycles. The van der Waals surface area contributed by atoms with Crippen molar-refractivity contribution in [3.05, 3.63) is 72.4 Å². The van der Waals surface area contributed by atoms with Gasteiger partial charge in [0.25, 0.3) is 0 Å². The minimum absolute atomic E-state index is 0.287. The summed E-state index contributed by atoms with van der Waals surface area (Å²) in [6.45, 7) is 10.5. The van der Waals surface area contributed by atoms with Gasteiger partial charge in [0.05, 0.1) is 6.10 Å². The van der Waals surface area contributed by atoms with Crippen LogP contribution in [0.4, 0.5) is 0 Å². The Kier molecular flexibility index (Phi) is 7.32. The van der Waals surface area contributed by atoms with Crippen LogP contribution in [0.5, 0.6) is 0 Å². The summed E-state index contributed by atoms with van der Waals surface area (Å²) < 4.78 is 5.81. The van der Waals surface area contributed by atoms with Crippen molar-refractivity contribution < 1.29 is 29.3 Å². The summed E-state index contributed by atoms with van der Waals surface area (Å²) in [6, 6.07) is 9.49. The van der Waals surface area contributed by atoms with Crippen LogP contribution >= 0.6 is 0 Å². The fraction of sp³-hybridized carbons (Fsp3) is 0.500. The number of Topliss-reactive ketones (excluding diaryl/α,β-unsaturated/α-hetero) is 1. The second-order valence-corrected chi connectivity index (χ2v) is 11.0. The third kappa shape index (κ3) is 4.59. The Morgan fingerprint density at radius 2 is 1.86 bits per heavy atom. The molecule has 37 heavy (non-hydrogen) atoms. The summed E-state index contributed by atoms with van der Waals surface area (Å²) in [5, 5.41) is 25.7. The first kappa shape index (κ1) is 27.0. The Labute approximate surface area is 218 Å². The fourth-order valence-corrected chi connectivity index (χ4v) is 6.68. The fourth-order valence-electron chi connectivity index (χ4n) is 6.68. The standard InChI is InChI=1S/C30H37NO6/c1-17-10-9-13-22-26(33)19(3)18(2)25-23(16-21-11-7-6-8-12-21)31-28(35)30(22,25)24(37-20(4)32)14-15-29(5,36)27(17)34/h6-9,11-15,17-18,22-26,33,36H,3,10,16H2,1-2,4-5H3,(H,31,35)/b13-9-,15-14-/t17-,18+,22-,23-,24-,25-,26+,29+,30+/m0/s1. The van der Waals surface area contributed by atoms with Gasteiger partial charge in [-0.05, 0) is 49.0 Å². The van der Waals surface area contributed by atoms with E-state index in [1.807, 2.05) is 37.3 Å². The molecule has 0 unspecified atom stereocenters. The number of hydrogen-bond acceptors (Lipinski definition) is 6. The molecular formula is C30H37NO6. The van der Waals surface area contributed by atoms with Crippen molar-refractivity contribution in [3.8, 4) is 0 Å². The summed E-state index contributed by atoms with van der Waals surface area (Å²) in [5.74, 6) is -3.26. The molecule has 0 aromatic heterocycles. The summed E-state index contributed by atoms with van der Waals surface area (Å²) in [4.78, 5) is 39.5. The maximum absolute atomic E-state index is 14.2. The highest BCUT2D eigenvalue weighted by Gasteiger charge is 2.68. The van der Waals surface area contributed by atoms with E-state index in [2.05, 4.69) is 11.9 Å². The summed E-state index contributed by atoms with van der Waals surface area (Å²) in [5.41, 5.74) is -1.55. The van der Waals surface area contributed by atoms with Gasteiger partial charge in [0, 0.05) is 30.7 Å². The second-order valence-electron chi connectivity index (χ2n) is 11.0. The van der Waals surface area contributed by atoms with E-state index in [1.165, 1.54) is 26.0 Å². The van der Waals surface area contributed by atoms with Crippen LogP contribution in [0.2, 0.25) is 0 Å². The zero-order valence-electron chi connectivity index (χ0n) is 21.9. The van der Waals surface area contributed by atoms with Crippen LogP contribution in [-0.2, 0) is 25.5 Å². The summed E-state index contributed by atoms with van der Waals surface area (Å²) in [7, 11) is 0. The lowest BCUT2D eigenvalue weighted by Gasteiger charge is -2.52. The van der Waals surface area contributed by atoms with E-state index >= 15 is 0 Å². The van der Waals surface area contributed by atoms with E-state index in [1.54, 1.807) is 19.1 Å². The molecule has 198 valence electrons. The maximum Gasteiger partial charge on any atom is 0.303 e. The molecule has 9 atom stereocenters. The average molecular weight is 508 g/mol. The Balaban J connectivity index is 1.94. The molecule has 1 aliphatic heterocycles. The number of carbonyl (C=O) groups excluding carboxylic acids is 3. The molecule has 7 heteroatoms. The van der Waals surface area contributed by atoms with Crippen LogP contribution in [0.25, 0.3) is 0 Å². The predicted molar refractivity (Wildman–Crippen MR) is 139 cm³/mol. The van der Waals surface area contributed by atoms with E-state index in [9.17, 15) is 24.6 Å². The maximum atomic E-state index is 14.2. The van der Waals surface area contributed by atoms with Crippen molar-refractivity contribution in [3.63, 3.8) is 0 Å². The largest absolute Gasteiger partial charge is 0.457 e. The lowest BCUT2D eigenvalue weighted by Crippen LogP contribution is -2.60. The predicted octanol–water partition coefficient (Wildman–Crippen LogP) is 2.92. The zero-order chi connectivity index (χ0) is 27.1. The number of amides is 1. The molecule has 1 aromatic carbocycles. The highest BCUT2D eigenvalue weighted by Crippen LogP contribution is 2.58. The molecule has 3 aliphatic rings. The van der Waals surface area contributed by atoms with Crippen molar-refractivity contribution in [2.75, 3.05) is 0 Å². The summed E-state index contributed by atoms with van der Waals surface area (Å²) in [6.07, 6.45) is 5.01. The Hall–Kier alpha value is -3.03. The monoisotopic (exact) mass is 507 g/mol. The highest BCUT2D eigenvalue weighted by atomic mass is 16.5. The van der Waals surface area contributed by atoms with Gasteiger partial charge in [-0.2, -0.15) is 0 Å². The molecule has 1 aromatic rings. The molecule has 1 spiro atoms. The molecule has 4 rings (SSSR count). The van der Waals surface area contributed by atoms with Gasteiger partial charge < -0.3 is 20.3 Å². The number of rotatable bonds is 3. The molecular weight excluding hydrogens is 470 g/mol. The van der Waals surface area contributed by atoms with E-state index in [4.69, 9.17) is 4.74 Å². The van der Waals surface area contributed by atoms with Crippen LogP contribution in [0.15, 0.2) is 66.8 Å². The number of ketones is 1. The quantitative estimate of drug-likeness (QED) is 0.428. The van der Waals surface area contributed by atoms with Crippen LogP contribution in [0.1, 0.15) is 39.7 Å². The van der Waals surface area contributed by atoms with E-state index in [0.29, 0.717) is 18.4 Å². The van der Waals surface area contributed by atoms with E-state index in [0.717, 1.165) is 5.56 Å². The van der Waals surface area contributed by atoms with Crippen molar-refractivity contribution >= 4 is 17.7 Å². The molecule has 1 saturated carbocycles. The smallest absolute Gasteiger partial charge is 0.303 e. The van der Waals surface area contributed by atoms with Gasteiger partial charge in [-0.25, -0.2) is 0 Å². The number of benzene rings is 1. The van der Waals surface area contributed by atoms with Crippen molar-refractivity contribution in [2.45, 2.75) is 64.4 Å². The number of ether oxygens (including phenoxy) is 1. The topological polar surface area (TPSA) is 113 Å². The Morgan fingerprint density at radius 1 is 1.19 bits per heavy atom. The van der Waals surface area contributed by atoms with E-state index in [-0.39, 0.29) is 23.7 Å². The molecule has 3 N–H and O–H groups in total. The molecule has 1 saturated heterocycles. The van der Waals surface area contributed by atoms with Crippen LogP contribution < -0.4 is 5.32 Å². The third-order valence-corrected chi connectivity index (χ3v) is 8.53. The zero-order valence-corrected chi connectivity index (χ0v) is 21.9. The van der Waals surface area contributed by atoms with Gasteiger partial charge in [0.2, 0.25) is 5.91 Å². The van der Waals surface area contributed by atoms with Crippen LogP contribution in [0, 0.1) is 29.1 Å². The number of aliphatic hydroxyl groups is 2. The number of nitrogens with one attached hydrogen (secondary N) is 1. The first-order chi connectivity index (χ1) is 17.4. The number of allylic oxidation sites excluding steroid dienone is 1. The van der Waals surface area contributed by atoms with Gasteiger partial charge in [-0.3, -0.25) is 14.4 Å². The second kappa shape index (κ2) is 10.0. The molecule has 1 amide bonds. The molecule has 0 bridgehead atoms. The van der Waals surface area contributed by atoms with Gasteiger partial charge in [-0.1, -0.05) is 62.9 Å². The van der Waals surface area contributed by atoms with Crippen molar-refractivity contribution in [1.82, 2.24) is 5.32 Å². The molecule has 2 fully saturated rings. The lowest BCUT2D eigenvalue weighted by molar-refractivity contribution is -0.166. The Morgan fingerprint density at radius 3 is 2.51 bits per heavy atom. The van der Waals surface area contributed by atoms with Gasteiger partial charge >= 0.3 is 5.97 Å². The highest BCUT2D eigenvalue weighted by molar-refractivity contribution is 5.91. The number of esters is 1. The van der Waals surface area contributed by atoms with E-state index < -0.39 is 46.9 Å². The van der Waals surface area contributed by atoms with Crippen LogP contribution in [-0.4, -0.2) is 51.7 Å². The summed E-state index contributed by atoms with van der Waals surface area (Å²) >= 11 is 0.